The van der Waals surface area contributed by atoms with Crippen LogP contribution in [-0.2, 0) is 16.1 Å². The van der Waals surface area contributed by atoms with Crippen LogP contribution in [0.4, 0.5) is 5.69 Å². The van der Waals surface area contributed by atoms with E-state index in [1.807, 2.05) is 0 Å². The van der Waals surface area contributed by atoms with Gasteiger partial charge in [0.2, 0.25) is 0 Å². The third-order valence-corrected chi connectivity index (χ3v) is 3.21. The van der Waals surface area contributed by atoms with Crippen LogP contribution < -0.4 is 0 Å². The van der Waals surface area contributed by atoms with Crippen LogP contribution in [0.3, 0.4) is 0 Å². The van der Waals surface area contributed by atoms with Crippen molar-refractivity contribution in [1.82, 2.24) is 0 Å². The minimum Gasteiger partial charge on any atom is -0.457 e. The van der Waals surface area contributed by atoms with E-state index in [1.54, 1.807) is 42.5 Å². The predicted octanol–water partition coefficient (Wildman–Crippen LogP) is 4.00. The molecule has 0 bridgehead atoms. The Balaban J connectivity index is 1.99. The van der Waals surface area contributed by atoms with Gasteiger partial charge in [0.15, 0.2) is 0 Å². The average molecular weight is 318 g/mol. The molecule has 0 heterocycles. The second-order valence-electron chi connectivity index (χ2n) is 4.35. The summed E-state index contributed by atoms with van der Waals surface area (Å²) in [5.41, 5.74) is 0.948. The minimum atomic E-state index is -0.599. The first-order valence-corrected chi connectivity index (χ1v) is 6.77. The van der Waals surface area contributed by atoms with Crippen molar-refractivity contribution in [2.45, 2.75) is 6.61 Å². The van der Waals surface area contributed by atoms with E-state index >= 15 is 0 Å². The van der Waals surface area contributed by atoms with E-state index in [9.17, 15) is 14.9 Å². The van der Waals surface area contributed by atoms with Crippen LogP contribution in [0.25, 0.3) is 6.08 Å². The molecule has 0 radical (unpaired) electrons. The minimum absolute atomic E-state index is 0.0783. The lowest BCUT2D eigenvalue weighted by atomic mass is 10.2. The summed E-state index contributed by atoms with van der Waals surface area (Å²) in [7, 11) is 0. The number of nitrogens with zero attached hydrogens (tertiary/aromatic N) is 1. The van der Waals surface area contributed by atoms with Crippen molar-refractivity contribution in [3.05, 3.63) is 80.9 Å². The Hall–Kier alpha value is -2.66. The molecule has 0 unspecified atom stereocenters. The quantitative estimate of drug-likeness (QED) is 0.361. The Morgan fingerprint density at radius 1 is 1.18 bits per heavy atom. The second kappa shape index (κ2) is 7.38. The number of carbonyl (C=O) groups is 1. The lowest BCUT2D eigenvalue weighted by Gasteiger charge is -2.03. The number of hydrogen-bond acceptors (Lipinski definition) is 4. The number of rotatable bonds is 5. The van der Waals surface area contributed by atoms with Crippen molar-refractivity contribution in [1.29, 1.82) is 0 Å². The molecule has 2 aromatic rings. The summed E-state index contributed by atoms with van der Waals surface area (Å²) in [5.74, 6) is -0.599. The highest BCUT2D eigenvalue weighted by Gasteiger charge is 2.13. The Kier molecular flexibility index (Phi) is 5.27. The molecule has 0 N–H and O–H groups in total. The third kappa shape index (κ3) is 4.17. The van der Waals surface area contributed by atoms with Gasteiger partial charge in [-0.15, -0.1) is 0 Å². The van der Waals surface area contributed by atoms with E-state index < -0.39 is 10.9 Å². The van der Waals surface area contributed by atoms with Crippen molar-refractivity contribution in [3.63, 3.8) is 0 Å². The Labute approximate surface area is 131 Å². The molecule has 0 aliphatic heterocycles. The fraction of sp³-hybridized carbons (Fsp3) is 0.0625. The standard InChI is InChI=1S/C16H12ClNO4/c17-14-7-3-1-5-12(14)9-10-16(19)22-11-13-6-2-4-8-15(13)18(20)21/h1-10H,11H2/b10-9+. The summed E-state index contributed by atoms with van der Waals surface area (Å²) in [6, 6.07) is 13.2. The first-order valence-electron chi connectivity index (χ1n) is 6.39. The van der Waals surface area contributed by atoms with E-state index in [0.29, 0.717) is 16.1 Å². The van der Waals surface area contributed by atoms with Gasteiger partial charge in [0.05, 0.1) is 10.5 Å². The summed E-state index contributed by atoms with van der Waals surface area (Å²) in [6.07, 6.45) is 2.76. The number of hydrogen-bond donors (Lipinski definition) is 0. The number of benzene rings is 2. The van der Waals surface area contributed by atoms with E-state index in [-0.39, 0.29) is 12.3 Å². The summed E-state index contributed by atoms with van der Waals surface area (Å²) in [5, 5.41) is 11.4. The molecular formula is C16H12ClNO4. The highest BCUT2D eigenvalue weighted by molar-refractivity contribution is 6.32. The summed E-state index contributed by atoms with van der Waals surface area (Å²) >= 11 is 5.96. The number of nitro groups is 1. The van der Waals surface area contributed by atoms with Crippen molar-refractivity contribution in [2.24, 2.45) is 0 Å². The number of esters is 1. The first-order chi connectivity index (χ1) is 10.6. The topological polar surface area (TPSA) is 69.4 Å². The van der Waals surface area contributed by atoms with Gasteiger partial charge >= 0.3 is 5.97 Å². The number of carbonyl (C=O) groups excluding carboxylic acids is 1. The number of halogens is 1. The molecular weight excluding hydrogens is 306 g/mol. The molecule has 2 aromatic carbocycles. The van der Waals surface area contributed by atoms with Gasteiger partial charge in [-0.1, -0.05) is 41.9 Å². The molecule has 0 aliphatic carbocycles. The zero-order valence-electron chi connectivity index (χ0n) is 11.4. The zero-order valence-corrected chi connectivity index (χ0v) is 12.2. The molecule has 22 heavy (non-hydrogen) atoms. The van der Waals surface area contributed by atoms with Crippen molar-refractivity contribution in [2.75, 3.05) is 0 Å². The van der Waals surface area contributed by atoms with E-state index in [4.69, 9.17) is 16.3 Å². The Morgan fingerprint density at radius 3 is 2.59 bits per heavy atom. The second-order valence-corrected chi connectivity index (χ2v) is 4.76. The smallest absolute Gasteiger partial charge is 0.331 e. The van der Waals surface area contributed by atoms with Gasteiger partial charge in [-0.25, -0.2) is 4.79 Å². The maximum absolute atomic E-state index is 11.7. The van der Waals surface area contributed by atoms with E-state index in [0.717, 1.165) is 0 Å². The van der Waals surface area contributed by atoms with Crippen LogP contribution in [-0.4, -0.2) is 10.9 Å². The van der Waals surface area contributed by atoms with Crippen LogP contribution in [0.2, 0.25) is 5.02 Å². The SMILES string of the molecule is O=C(/C=C/c1ccccc1Cl)OCc1ccccc1[N+](=O)[O-]. The van der Waals surface area contributed by atoms with Crippen LogP contribution >= 0.6 is 11.6 Å². The summed E-state index contributed by atoms with van der Waals surface area (Å²) in [6.45, 7) is -0.164. The summed E-state index contributed by atoms with van der Waals surface area (Å²) < 4.78 is 5.01. The molecule has 112 valence electrons. The van der Waals surface area contributed by atoms with Crippen molar-refractivity contribution in [3.8, 4) is 0 Å². The number of nitro benzene ring substituents is 1. The van der Waals surface area contributed by atoms with Gasteiger partial charge in [0.25, 0.3) is 5.69 Å². The van der Waals surface area contributed by atoms with Gasteiger partial charge in [0.1, 0.15) is 6.61 Å². The molecule has 0 fully saturated rings. The molecule has 0 saturated heterocycles. The normalized spacial score (nSPS) is 10.6. The van der Waals surface area contributed by atoms with Crippen LogP contribution in [0.15, 0.2) is 54.6 Å². The van der Waals surface area contributed by atoms with Gasteiger partial charge < -0.3 is 4.74 Å². The molecule has 0 amide bonds. The van der Waals surface area contributed by atoms with Gasteiger partial charge in [-0.3, -0.25) is 10.1 Å². The molecule has 6 heteroatoms. The van der Waals surface area contributed by atoms with E-state index in [1.165, 1.54) is 18.2 Å². The molecule has 0 atom stereocenters. The molecule has 0 spiro atoms. The first kappa shape index (κ1) is 15.7. The summed E-state index contributed by atoms with van der Waals surface area (Å²) in [4.78, 5) is 22.0. The highest BCUT2D eigenvalue weighted by Crippen LogP contribution is 2.19. The van der Waals surface area contributed by atoms with Gasteiger partial charge in [0, 0.05) is 17.2 Å². The maximum Gasteiger partial charge on any atom is 0.331 e. The van der Waals surface area contributed by atoms with Crippen LogP contribution in [0, 0.1) is 10.1 Å². The van der Waals surface area contributed by atoms with E-state index in [2.05, 4.69) is 0 Å². The number of para-hydroxylation sites is 1. The Bertz CT molecular complexity index is 728. The van der Waals surface area contributed by atoms with Crippen molar-refractivity contribution < 1.29 is 14.5 Å². The fourth-order valence-corrected chi connectivity index (χ4v) is 1.97. The zero-order chi connectivity index (χ0) is 15.9. The monoisotopic (exact) mass is 317 g/mol. The largest absolute Gasteiger partial charge is 0.457 e. The Morgan fingerprint density at radius 2 is 1.86 bits per heavy atom. The average Bonchev–Trinajstić information content (AvgIpc) is 2.52. The number of ether oxygens (including phenoxy) is 1. The predicted molar refractivity (Wildman–Crippen MR) is 83.4 cm³/mol. The molecule has 5 nitrogen and oxygen atoms in total. The molecule has 2 rings (SSSR count). The third-order valence-electron chi connectivity index (χ3n) is 2.86. The molecule has 0 aromatic heterocycles. The lowest BCUT2D eigenvalue weighted by Crippen LogP contribution is -2.03. The van der Waals surface area contributed by atoms with Crippen molar-refractivity contribution >= 4 is 29.3 Å². The molecule has 0 saturated carbocycles. The van der Waals surface area contributed by atoms with Gasteiger partial charge in [-0.05, 0) is 23.8 Å². The maximum atomic E-state index is 11.7. The van der Waals surface area contributed by atoms with Gasteiger partial charge in [-0.2, -0.15) is 0 Å². The van der Waals surface area contributed by atoms with Crippen LogP contribution in [0.5, 0.6) is 0 Å². The lowest BCUT2D eigenvalue weighted by molar-refractivity contribution is -0.385. The molecule has 0 aliphatic rings. The highest BCUT2D eigenvalue weighted by atomic mass is 35.5. The van der Waals surface area contributed by atoms with Crippen LogP contribution in [0.1, 0.15) is 11.1 Å². The fourth-order valence-electron chi connectivity index (χ4n) is 1.78.